The summed E-state index contributed by atoms with van der Waals surface area (Å²) in [4.78, 5) is 18.5. The topological polar surface area (TPSA) is 33.2 Å². The third-order valence-corrected chi connectivity index (χ3v) is 3.21. The Morgan fingerprint density at radius 3 is 2.56 bits per heavy atom. The summed E-state index contributed by atoms with van der Waals surface area (Å²) in [5.74, 6) is 0.155. The maximum Gasteiger partial charge on any atom is 0.255 e. The number of likely N-dealkylation sites (tertiary alicyclic amines) is 1. The van der Waals surface area contributed by atoms with Gasteiger partial charge in [0.05, 0.1) is 11.3 Å². The zero-order chi connectivity index (χ0) is 11.5. The van der Waals surface area contributed by atoms with Gasteiger partial charge in [0.15, 0.2) is 0 Å². The summed E-state index contributed by atoms with van der Waals surface area (Å²) in [5.41, 5.74) is 2.67. The van der Waals surface area contributed by atoms with E-state index in [0.717, 1.165) is 42.8 Å². The molecule has 0 aromatic carbocycles. The molecular formula is C13H18N2O. The van der Waals surface area contributed by atoms with Gasteiger partial charge in [-0.15, -0.1) is 0 Å². The minimum Gasteiger partial charge on any atom is -0.339 e. The second-order valence-electron chi connectivity index (χ2n) is 4.44. The SMILES string of the molecule is Cc1ccnc(C)c1C(=O)N1CCCCC1. The molecule has 2 rings (SSSR count). The van der Waals surface area contributed by atoms with Crippen LogP contribution >= 0.6 is 0 Å². The number of hydrogen-bond acceptors (Lipinski definition) is 2. The second kappa shape index (κ2) is 4.64. The number of aryl methyl sites for hydroxylation is 2. The molecule has 1 aromatic heterocycles. The van der Waals surface area contributed by atoms with Crippen molar-refractivity contribution in [2.75, 3.05) is 13.1 Å². The molecule has 3 heteroatoms. The van der Waals surface area contributed by atoms with E-state index in [1.807, 2.05) is 24.8 Å². The van der Waals surface area contributed by atoms with Crippen LogP contribution in [-0.4, -0.2) is 28.9 Å². The normalized spacial score (nSPS) is 16.2. The Bertz CT molecular complexity index is 375. The summed E-state index contributed by atoms with van der Waals surface area (Å²) in [6.45, 7) is 5.68. The van der Waals surface area contributed by atoms with Gasteiger partial charge in [-0.2, -0.15) is 0 Å². The van der Waals surface area contributed by atoms with Crippen molar-refractivity contribution in [1.82, 2.24) is 9.88 Å². The first-order chi connectivity index (χ1) is 7.70. The highest BCUT2D eigenvalue weighted by Gasteiger charge is 2.21. The lowest BCUT2D eigenvalue weighted by Gasteiger charge is -2.27. The van der Waals surface area contributed by atoms with E-state index in [-0.39, 0.29) is 5.91 Å². The molecule has 1 amide bonds. The maximum absolute atomic E-state index is 12.3. The summed E-state index contributed by atoms with van der Waals surface area (Å²) >= 11 is 0. The zero-order valence-electron chi connectivity index (χ0n) is 9.99. The van der Waals surface area contributed by atoms with Crippen molar-refractivity contribution in [3.63, 3.8) is 0 Å². The van der Waals surface area contributed by atoms with Gasteiger partial charge in [-0.1, -0.05) is 0 Å². The van der Waals surface area contributed by atoms with Crippen LogP contribution in [0.3, 0.4) is 0 Å². The van der Waals surface area contributed by atoms with E-state index in [9.17, 15) is 4.79 Å². The van der Waals surface area contributed by atoms with Crippen LogP contribution in [0.1, 0.15) is 40.9 Å². The first-order valence-electron chi connectivity index (χ1n) is 5.91. The van der Waals surface area contributed by atoms with E-state index in [1.54, 1.807) is 6.20 Å². The van der Waals surface area contributed by atoms with E-state index in [4.69, 9.17) is 0 Å². The first kappa shape index (κ1) is 11.1. The third kappa shape index (κ3) is 2.08. The van der Waals surface area contributed by atoms with E-state index in [1.165, 1.54) is 6.42 Å². The molecule has 1 aromatic rings. The van der Waals surface area contributed by atoms with Crippen molar-refractivity contribution in [1.29, 1.82) is 0 Å². The molecule has 1 fully saturated rings. The van der Waals surface area contributed by atoms with Crippen LogP contribution in [0.5, 0.6) is 0 Å². The molecule has 1 saturated heterocycles. The highest BCUT2D eigenvalue weighted by Crippen LogP contribution is 2.17. The predicted molar refractivity (Wildman–Crippen MR) is 63.5 cm³/mol. The molecule has 2 heterocycles. The molecule has 86 valence electrons. The monoisotopic (exact) mass is 218 g/mol. The molecule has 3 nitrogen and oxygen atoms in total. The van der Waals surface area contributed by atoms with Gasteiger partial charge in [-0.05, 0) is 44.7 Å². The molecule has 16 heavy (non-hydrogen) atoms. The molecule has 0 bridgehead atoms. The molecule has 0 atom stereocenters. The average molecular weight is 218 g/mol. The molecule has 0 spiro atoms. The Morgan fingerprint density at radius 1 is 1.25 bits per heavy atom. The van der Waals surface area contributed by atoms with Crippen molar-refractivity contribution < 1.29 is 4.79 Å². The van der Waals surface area contributed by atoms with Crippen LogP contribution in [-0.2, 0) is 0 Å². The smallest absolute Gasteiger partial charge is 0.255 e. The Morgan fingerprint density at radius 2 is 1.94 bits per heavy atom. The van der Waals surface area contributed by atoms with Crippen LogP contribution in [0.2, 0.25) is 0 Å². The summed E-state index contributed by atoms with van der Waals surface area (Å²) in [6.07, 6.45) is 5.26. The number of pyridine rings is 1. The quantitative estimate of drug-likeness (QED) is 0.724. The molecule has 0 radical (unpaired) electrons. The predicted octanol–water partition coefficient (Wildman–Crippen LogP) is 2.32. The summed E-state index contributed by atoms with van der Waals surface area (Å²) in [7, 11) is 0. The minimum atomic E-state index is 0.155. The van der Waals surface area contributed by atoms with Crippen LogP contribution in [0.4, 0.5) is 0 Å². The number of aromatic nitrogens is 1. The lowest BCUT2D eigenvalue weighted by molar-refractivity contribution is 0.0722. The van der Waals surface area contributed by atoms with E-state index in [0.29, 0.717) is 0 Å². The summed E-state index contributed by atoms with van der Waals surface area (Å²) in [6, 6.07) is 1.91. The number of piperidine rings is 1. The van der Waals surface area contributed by atoms with Crippen molar-refractivity contribution >= 4 is 5.91 Å². The number of rotatable bonds is 1. The second-order valence-corrected chi connectivity index (χ2v) is 4.44. The fourth-order valence-electron chi connectivity index (χ4n) is 2.27. The van der Waals surface area contributed by atoms with E-state index < -0.39 is 0 Å². The van der Waals surface area contributed by atoms with Crippen LogP contribution < -0.4 is 0 Å². The maximum atomic E-state index is 12.3. The van der Waals surface area contributed by atoms with Crippen LogP contribution in [0.25, 0.3) is 0 Å². The molecule has 1 aliphatic rings. The number of nitrogens with zero attached hydrogens (tertiary/aromatic N) is 2. The van der Waals surface area contributed by atoms with Crippen molar-refractivity contribution in [2.45, 2.75) is 33.1 Å². The fraction of sp³-hybridized carbons (Fsp3) is 0.538. The molecule has 1 aliphatic heterocycles. The lowest BCUT2D eigenvalue weighted by Crippen LogP contribution is -2.36. The molecule has 0 N–H and O–H groups in total. The zero-order valence-corrected chi connectivity index (χ0v) is 9.99. The van der Waals surface area contributed by atoms with Gasteiger partial charge in [0, 0.05) is 19.3 Å². The van der Waals surface area contributed by atoms with Gasteiger partial charge in [-0.25, -0.2) is 0 Å². The number of amides is 1. The largest absolute Gasteiger partial charge is 0.339 e. The van der Waals surface area contributed by atoms with Gasteiger partial charge >= 0.3 is 0 Å². The third-order valence-electron chi connectivity index (χ3n) is 3.21. The first-order valence-corrected chi connectivity index (χ1v) is 5.91. The standard InChI is InChI=1S/C13H18N2O/c1-10-6-7-14-11(2)12(10)13(16)15-8-4-3-5-9-15/h6-7H,3-5,8-9H2,1-2H3. The highest BCUT2D eigenvalue weighted by molar-refractivity contribution is 5.96. The van der Waals surface area contributed by atoms with Gasteiger partial charge in [0.1, 0.15) is 0 Å². The number of carbonyl (C=O) groups excluding carboxylic acids is 1. The van der Waals surface area contributed by atoms with Gasteiger partial charge < -0.3 is 4.90 Å². The van der Waals surface area contributed by atoms with Gasteiger partial charge in [-0.3, -0.25) is 9.78 Å². The fourth-order valence-corrected chi connectivity index (χ4v) is 2.27. The van der Waals surface area contributed by atoms with Crippen LogP contribution in [0, 0.1) is 13.8 Å². The Balaban J connectivity index is 2.26. The summed E-state index contributed by atoms with van der Waals surface area (Å²) in [5, 5.41) is 0. The van der Waals surface area contributed by atoms with Gasteiger partial charge in [0.25, 0.3) is 5.91 Å². The van der Waals surface area contributed by atoms with Crippen molar-refractivity contribution in [3.8, 4) is 0 Å². The van der Waals surface area contributed by atoms with E-state index in [2.05, 4.69) is 4.98 Å². The molecule has 0 aliphatic carbocycles. The minimum absolute atomic E-state index is 0.155. The Labute approximate surface area is 96.5 Å². The Kier molecular flexibility index (Phi) is 3.22. The average Bonchev–Trinajstić information content (AvgIpc) is 2.30. The van der Waals surface area contributed by atoms with E-state index >= 15 is 0 Å². The molecule has 0 saturated carbocycles. The molecule has 0 unspecified atom stereocenters. The van der Waals surface area contributed by atoms with Crippen LogP contribution in [0.15, 0.2) is 12.3 Å². The summed E-state index contributed by atoms with van der Waals surface area (Å²) < 4.78 is 0. The lowest BCUT2D eigenvalue weighted by atomic mass is 10.0. The number of carbonyl (C=O) groups is 1. The van der Waals surface area contributed by atoms with Crippen molar-refractivity contribution in [3.05, 3.63) is 29.1 Å². The molecular weight excluding hydrogens is 200 g/mol. The number of hydrogen-bond donors (Lipinski definition) is 0. The van der Waals surface area contributed by atoms with Crippen molar-refractivity contribution in [2.24, 2.45) is 0 Å². The highest BCUT2D eigenvalue weighted by atomic mass is 16.2. The Hall–Kier alpha value is -1.38. The van der Waals surface area contributed by atoms with Gasteiger partial charge in [0.2, 0.25) is 0 Å².